The zero-order valence-electron chi connectivity index (χ0n) is 53.6. The van der Waals surface area contributed by atoms with Gasteiger partial charge in [0.05, 0.1) is 25.4 Å². The van der Waals surface area contributed by atoms with Crippen LogP contribution in [0.4, 0.5) is 0 Å². The molecule has 0 radical (unpaired) electrons. The van der Waals surface area contributed by atoms with Gasteiger partial charge < -0.3 is 20.3 Å². The lowest BCUT2D eigenvalue weighted by molar-refractivity contribution is -0.143. The van der Waals surface area contributed by atoms with Gasteiger partial charge in [-0.2, -0.15) is 0 Å². The van der Waals surface area contributed by atoms with Gasteiger partial charge in [0.25, 0.3) is 0 Å². The lowest BCUT2D eigenvalue weighted by Crippen LogP contribution is -2.45. The summed E-state index contributed by atoms with van der Waals surface area (Å²) in [6.45, 7) is 4.94. The molecule has 0 heterocycles. The average molecular weight is 1110 g/mol. The predicted octanol–water partition coefficient (Wildman–Crippen LogP) is 23.3. The second-order valence-corrected chi connectivity index (χ2v) is 24.9. The van der Waals surface area contributed by atoms with Crippen molar-refractivity contribution in [3.05, 3.63) is 24.3 Å². The lowest BCUT2D eigenvalue weighted by Gasteiger charge is -2.20. The van der Waals surface area contributed by atoms with E-state index in [0.29, 0.717) is 19.4 Å². The van der Waals surface area contributed by atoms with Crippen LogP contribution in [-0.4, -0.2) is 47.4 Å². The molecule has 0 fully saturated rings. The van der Waals surface area contributed by atoms with Crippen LogP contribution in [-0.2, 0) is 14.3 Å². The fraction of sp³-hybridized carbons (Fsp3) is 0.918. The molecular formula is C73H141NO5. The van der Waals surface area contributed by atoms with Gasteiger partial charge >= 0.3 is 5.97 Å². The smallest absolute Gasteiger partial charge is 0.305 e. The van der Waals surface area contributed by atoms with Gasteiger partial charge in [-0.25, -0.2) is 0 Å². The van der Waals surface area contributed by atoms with Crippen LogP contribution < -0.4 is 5.32 Å². The molecule has 6 heteroatoms. The van der Waals surface area contributed by atoms with Crippen LogP contribution in [0.2, 0.25) is 0 Å². The molecule has 0 aliphatic heterocycles. The Bertz CT molecular complexity index is 1230. The van der Waals surface area contributed by atoms with E-state index in [-0.39, 0.29) is 18.5 Å². The molecule has 0 aliphatic rings. The van der Waals surface area contributed by atoms with Gasteiger partial charge in [-0.15, -0.1) is 0 Å². The number of ether oxygens (including phenoxy) is 1. The van der Waals surface area contributed by atoms with E-state index >= 15 is 0 Å². The second-order valence-electron chi connectivity index (χ2n) is 24.9. The third-order valence-corrected chi connectivity index (χ3v) is 17.0. The molecule has 0 rings (SSSR count). The van der Waals surface area contributed by atoms with Gasteiger partial charge in [0.2, 0.25) is 5.91 Å². The molecule has 0 aliphatic carbocycles. The van der Waals surface area contributed by atoms with Gasteiger partial charge in [-0.3, -0.25) is 9.59 Å². The molecule has 0 spiro atoms. The van der Waals surface area contributed by atoms with Crippen LogP contribution in [0.25, 0.3) is 0 Å². The minimum Gasteiger partial charge on any atom is -0.466 e. The highest BCUT2D eigenvalue weighted by Crippen LogP contribution is 2.19. The van der Waals surface area contributed by atoms with E-state index in [4.69, 9.17) is 4.74 Å². The number of carbonyl (C=O) groups excluding carboxylic acids is 2. The molecule has 0 aromatic rings. The minimum atomic E-state index is -0.845. The number of allylic oxidation sites excluding steroid dienone is 3. The largest absolute Gasteiger partial charge is 0.466 e. The Morgan fingerprint density at radius 2 is 0.595 bits per heavy atom. The average Bonchev–Trinajstić information content (AvgIpc) is 3.45. The van der Waals surface area contributed by atoms with Gasteiger partial charge in [-0.05, 0) is 57.8 Å². The van der Waals surface area contributed by atoms with Crippen LogP contribution in [0.1, 0.15) is 406 Å². The Hall–Kier alpha value is -1.66. The van der Waals surface area contributed by atoms with Gasteiger partial charge in [-0.1, -0.05) is 359 Å². The van der Waals surface area contributed by atoms with Crippen molar-refractivity contribution in [1.29, 1.82) is 0 Å². The van der Waals surface area contributed by atoms with Gasteiger partial charge in [0.1, 0.15) is 0 Å². The number of esters is 1. The number of rotatable bonds is 68. The standard InChI is InChI=1S/C73H141NO5/c1-3-5-7-9-11-13-15-17-19-21-22-27-30-34-37-41-45-49-53-57-61-65-71(76)70(69-75)74-72(77)66-62-58-54-50-46-42-38-35-31-28-25-23-24-26-29-32-36-40-44-48-52-56-60-64-68-79-73(78)67-63-59-55-51-47-43-39-33-20-18-16-14-12-10-8-6-4-2/h18,20,61,65,70-71,75-76H,3-17,19,21-60,62-64,66-69H2,1-2H3,(H,74,77)/b20-18-,65-61+. The Morgan fingerprint density at radius 3 is 0.899 bits per heavy atom. The van der Waals surface area contributed by atoms with Crippen molar-refractivity contribution in [3.8, 4) is 0 Å². The molecule has 0 saturated heterocycles. The first kappa shape index (κ1) is 77.3. The molecular weight excluding hydrogens is 971 g/mol. The first-order chi connectivity index (χ1) is 39.0. The number of nitrogens with one attached hydrogen (secondary N) is 1. The normalized spacial score (nSPS) is 12.6. The first-order valence-corrected chi connectivity index (χ1v) is 36.1. The maximum absolute atomic E-state index is 12.5. The van der Waals surface area contributed by atoms with E-state index in [1.54, 1.807) is 6.08 Å². The highest BCUT2D eigenvalue weighted by molar-refractivity contribution is 5.76. The molecule has 0 aromatic heterocycles. The summed E-state index contributed by atoms with van der Waals surface area (Å²) in [7, 11) is 0. The quantitative estimate of drug-likeness (QED) is 0.0320. The summed E-state index contributed by atoms with van der Waals surface area (Å²) in [6.07, 6.45) is 86.9. The predicted molar refractivity (Wildman–Crippen MR) is 347 cm³/mol. The van der Waals surface area contributed by atoms with E-state index < -0.39 is 12.1 Å². The zero-order chi connectivity index (χ0) is 57.1. The third-order valence-electron chi connectivity index (χ3n) is 17.0. The van der Waals surface area contributed by atoms with Crippen molar-refractivity contribution in [3.63, 3.8) is 0 Å². The van der Waals surface area contributed by atoms with Crippen LogP contribution in [0.15, 0.2) is 24.3 Å². The van der Waals surface area contributed by atoms with E-state index in [1.165, 1.54) is 334 Å². The topological polar surface area (TPSA) is 95.9 Å². The van der Waals surface area contributed by atoms with E-state index in [2.05, 4.69) is 31.3 Å². The van der Waals surface area contributed by atoms with E-state index in [1.807, 2.05) is 6.08 Å². The van der Waals surface area contributed by atoms with Crippen molar-refractivity contribution in [2.24, 2.45) is 0 Å². The summed E-state index contributed by atoms with van der Waals surface area (Å²) in [4.78, 5) is 24.6. The molecule has 79 heavy (non-hydrogen) atoms. The van der Waals surface area contributed by atoms with Crippen LogP contribution >= 0.6 is 0 Å². The van der Waals surface area contributed by atoms with Crippen molar-refractivity contribution < 1.29 is 24.5 Å². The zero-order valence-corrected chi connectivity index (χ0v) is 53.6. The summed E-state index contributed by atoms with van der Waals surface area (Å²) >= 11 is 0. The van der Waals surface area contributed by atoms with Crippen molar-refractivity contribution in [2.45, 2.75) is 418 Å². The highest BCUT2D eigenvalue weighted by atomic mass is 16.5. The number of aliphatic hydroxyl groups is 2. The summed E-state index contributed by atoms with van der Waals surface area (Å²) in [5, 5.41) is 23.3. The fourth-order valence-electron chi connectivity index (χ4n) is 11.5. The van der Waals surface area contributed by atoms with Crippen molar-refractivity contribution in [2.75, 3.05) is 13.2 Å². The number of aliphatic hydroxyl groups excluding tert-OH is 2. The third kappa shape index (κ3) is 65.4. The van der Waals surface area contributed by atoms with Crippen molar-refractivity contribution in [1.82, 2.24) is 5.32 Å². The monoisotopic (exact) mass is 1110 g/mol. The Kier molecular flexibility index (Phi) is 67.4. The fourth-order valence-corrected chi connectivity index (χ4v) is 11.5. The second kappa shape index (κ2) is 68.8. The highest BCUT2D eigenvalue weighted by Gasteiger charge is 2.18. The number of carbonyl (C=O) groups is 2. The molecule has 1 amide bonds. The first-order valence-electron chi connectivity index (χ1n) is 36.1. The van der Waals surface area contributed by atoms with Crippen molar-refractivity contribution >= 4 is 11.9 Å². The molecule has 2 unspecified atom stereocenters. The minimum absolute atomic E-state index is 0.0126. The number of hydrogen-bond donors (Lipinski definition) is 3. The molecule has 3 N–H and O–H groups in total. The van der Waals surface area contributed by atoms with Crippen LogP contribution in [0.3, 0.4) is 0 Å². The maximum Gasteiger partial charge on any atom is 0.305 e. The lowest BCUT2D eigenvalue weighted by atomic mass is 10.0. The molecule has 468 valence electrons. The van der Waals surface area contributed by atoms with E-state index in [0.717, 1.165) is 44.9 Å². The molecule has 0 saturated carbocycles. The van der Waals surface area contributed by atoms with Crippen LogP contribution in [0, 0.1) is 0 Å². The van der Waals surface area contributed by atoms with Crippen LogP contribution in [0.5, 0.6) is 0 Å². The Morgan fingerprint density at radius 1 is 0.342 bits per heavy atom. The molecule has 0 aromatic carbocycles. The summed E-state index contributed by atoms with van der Waals surface area (Å²) < 4.78 is 5.50. The summed E-state index contributed by atoms with van der Waals surface area (Å²) in [5.74, 6) is -0.0500. The van der Waals surface area contributed by atoms with E-state index in [9.17, 15) is 19.8 Å². The number of hydrogen-bond acceptors (Lipinski definition) is 5. The Balaban J connectivity index is 3.38. The molecule has 2 atom stereocenters. The van der Waals surface area contributed by atoms with Gasteiger partial charge in [0, 0.05) is 12.8 Å². The Labute approximate surface area is 494 Å². The summed E-state index contributed by atoms with van der Waals surface area (Å²) in [5.41, 5.74) is 0. The summed E-state index contributed by atoms with van der Waals surface area (Å²) in [6, 6.07) is -0.628. The van der Waals surface area contributed by atoms with Gasteiger partial charge in [0.15, 0.2) is 0 Å². The molecule has 6 nitrogen and oxygen atoms in total. The SMILES string of the molecule is CCCCCCCC/C=C\CCCCCCCCCC(=O)OCCCCCCCCCCCCCCCCCCCCCCCCCCC(=O)NC(CO)C(O)/C=C/CCCCCCCCCCCCCCCCCCCCC. The molecule has 0 bridgehead atoms. The number of amides is 1. The number of unbranched alkanes of at least 4 members (excludes halogenated alkanes) is 55. The maximum atomic E-state index is 12.5.